The van der Waals surface area contributed by atoms with Crippen molar-refractivity contribution >= 4 is 22.8 Å². The van der Waals surface area contributed by atoms with Gasteiger partial charge in [0.05, 0.1) is 23.8 Å². The second-order valence-electron chi connectivity index (χ2n) is 9.27. The number of piperazine rings is 1. The summed E-state index contributed by atoms with van der Waals surface area (Å²) in [6.45, 7) is 8.02. The fraction of sp³-hybridized carbons (Fsp3) is 0.286. The third-order valence-corrected chi connectivity index (χ3v) is 6.85. The molecule has 0 aliphatic carbocycles. The van der Waals surface area contributed by atoms with Crippen LogP contribution in [0, 0.1) is 20.8 Å². The second kappa shape index (κ2) is 9.45. The number of fused-ring (bicyclic) bond motifs is 1. The fourth-order valence-electron chi connectivity index (χ4n) is 4.57. The Hall–Kier alpha value is -4.20. The SMILES string of the molecule is Cc1cc2nc(C)c(=O)n(Cc3ccc(C(=O)N4CCN(C(=O)c5ccco5)CC4)cc3)c2cc1C. The van der Waals surface area contributed by atoms with Crippen LogP contribution in [0.4, 0.5) is 0 Å². The number of rotatable bonds is 4. The number of benzene rings is 2. The van der Waals surface area contributed by atoms with Gasteiger partial charge in [-0.2, -0.15) is 0 Å². The summed E-state index contributed by atoms with van der Waals surface area (Å²) < 4.78 is 6.94. The molecule has 2 aromatic heterocycles. The lowest BCUT2D eigenvalue weighted by atomic mass is 10.1. The molecular formula is C28H28N4O4. The van der Waals surface area contributed by atoms with Crippen molar-refractivity contribution in [1.82, 2.24) is 19.4 Å². The maximum Gasteiger partial charge on any atom is 0.289 e. The van der Waals surface area contributed by atoms with Gasteiger partial charge in [-0.05, 0) is 73.9 Å². The van der Waals surface area contributed by atoms with E-state index in [0.29, 0.717) is 49.7 Å². The molecule has 0 spiro atoms. The van der Waals surface area contributed by atoms with Crippen LogP contribution in [0.15, 0.2) is 64.0 Å². The molecular weight excluding hydrogens is 456 g/mol. The lowest BCUT2D eigenvalue weighted by Gasteiger charge is -2.34. The molecule has 36 heavy (non-hydrogen) atoms. The second-order valence-corrected chi connectivity index (χ2v) is 9.27. The van der Waals surface area contributed by atoms with Gasteiger partial charge in [-0.1, -0.05) is 12.1 Å². The van der Waals surface area contributed by atoms with E-state index in [1.54, 1.807) is 45.6 Å². The summed E-state index contributed by atoms with van der Waals surface area (Å²) in [4.78, 5) is 46.4. The Kier molecular flexibility index (Phi) is 6.18. The first-order chi connectivity index (χ1) is 17.3. The summed E-state index contributed by atoms with van der Waals surface area (Å²) in [7, 11) is 0. The van der Waals surface area contributed by atoms with Crippen LogP contribution < -0.4 is 5.56 Å². The molecule has 0 bridgehead atoms. The average molecular weight is 485 g/mol. The molecule has 184 valence electrons. The summed E-state index contributed by atoms with van der Waals surface area (Å²) in [6.07, 6.45) is 1.48. The van der Waals surface area contributed by atoms with Gasteiger partial charge in [0, 0.05) is 31.7 Å². The van der Waals surface area contributed by atoms with Crippen molar-refractivity contribution in [2.45, 2.75) is 27.3 Å². The van der Waals surface area contributed by atoms with Crippen LogP contribution in [0.2, 0.25) is 0 Å². The minimum absolute atomic E-state index is 0.0693. The molecule has 4 aromatic rings. The molecule has 2 amide bonds. The average Bonchev–Trinajstić information content (AvgIpc) is 3.43. The first-order valence-electron chi connectivity index (χ1n) is 12.0. The van der Waals surface area contributed by atoms with Crippen molar-refractivity contribution < 1.29 is 14.0 Å². The van der Waals surface area contributed by atoms with Crippen LogP contribution in [-0.4, -0.2) is 57.3 Å². The van der Waals surface area contributed by atoms with Gasteiger partial charge in [0.25, 0.3) is 17.4 Å². The molecule has 3 heterocycles. The minimum Gasteiger partial charge on any atom is -0.459 e. The predicted octanol–water partition coefficient (Wildman–Crippen LogP) is 3.56. The molecule has 1 aliphatic rings. The lowest BCUT2D eigenvalue weighted by Crippen LogP contribution is -2.50. The number of aromatic nitrogens is 2. The van der Waals surface area contributed by atoms with Gasteiger partial charge in [-0.25, -0.2) is 4.98 Å². The Morgan fingerprint density at radius 3 is 2.17 bits per heavy atom. The van der Waals surface area contributed by atoms with Crippen molar-refractivity contribution in [2.24, 2.45) is 0 Å². The zero-order valence-corrected chi connectivity index (χ0v) is 20.7. The number of furan rings is 1. The van der Waals surface area contributed by atoms with E-state index in [-0.39, 0.29) is 17.4 Å². The zero-order chi connectivity index (χ0) is 25.4. The largest absolute Gasteiger partial charge is 0.459 e. The van der Waals surface area contributed by atoms with E-state index in [1.165, 1.54) is 6.26 Å². The highest BCUT2D eigenvalue weighted by Gasteiger charge is 2.26. The van der Waals surface area contributed by atoms with Gasteiger partial charge in [0.1, 0.15) is 5.69 Å². The summed E-state index contributed by atoms with van der Waals surface area (Å²) >= 11 is 0. The molecule has 0 unspecified atom stereocenters. The molecule has 0 radical (unpaired) electrons. The predicted molar refractivity (Wildman–Crippen MR) is 136 cm³/mol. The molecule has 0 saturated carbocycles. The van der Waals surface area contributed by atoms with E-state index in [4.69, 9.17) is 4.42 Å². The summed E-state index contributed by atoms with van der Waals surface area (Å²) in [5, 5.41) is 0. The van der Waals surface area contributed by atoms with Crippen LogP contribution in [-0.2, 0) is 6.54 Å². The van der Waals surface area contributed by atoms with E-state index in [9.17, 15) is 14.4 Å². The van der Waals surface area contributed by atoms with Crippen molar-refractivity contribution in [1.29, 1.82) is 0 Å². The molecule has 8 nitrogen and oxygen atoms in total. The fourth-order valence-corrected chi connectivity index (χ4v) is 4.57. The molecule has 8 heteroatoms. The van der Waals surface area contributed by atoms with Gasteiger partial charge in [-0.15, -0.1) is 0 Å². The van der Waals surface area contributed by atoms with Gasteiger partial charge in [0.15, 0.2) is 5.76 Å². The van der Waals surface area contributed by atoms with Crippen LogP contribution in [0.5, 0.6) is 0 Å². The Bertz CT molecular complexity index is 1500. The Morgan fingerprint density at radius 1 is 0.889 bits per heavy atom. The number of carbonyl (C=O) groups excluding carboxylic acids is 2. The third kappa shape index (κ3) is 4.42. The quantitative estimate of drug-likeness (QED) is 0.442. The van der Waals surface area contributed by atoms with Crippen molar-refractivity contribution in [2.75, 3.05) is 26.2 Å². The first kappa shape index (κ1) is 23.5. The smallest absolute Gasteiger partial charge is 0.289 e. The zero-order valence-electron chi connectivity index (χ0n) is 20.7. The Morgan fingerprint density at radius 2 is 1.53 bits per heavy atom. The van der Waals surface area contributed by atoms with E-state index >= 15 is 0 Å². The molecule has 1 fully saturated rings. The van der Waals surface area contributed by atoms with Crippen LogP contribution in [0.3, 0.4) is 0 Å². The van der Waals surface area contributed by atoms with E-state index in [1.807, 2.05) is 38.1 Å². The monoisotopic (exact) mass is 484 g/mol. The molecule has 0 atom stereocenters. The molecule has 5 rings (SSSR count). The summed E-state index contributed by atoms with van der Waals surface area (Å²) in [5.41, 5.74) is 5.69. The highest BCUT2D eigenvalue weighted by molar-refractivity contribution is 5.95. The van der Waals surface area contributed by atoms with E-state index in [2.05, 4.69) is 4.98 Å². The van der Waals surface area contributed by atoms with Crippen molar-refractivity contribution in [3.05, 3.63) is 98.9 Å². The molecule has 1 aliphatic heterocycles. The maximum absolute atomic E-state index is 13.1. The van der Waals surface area contributed by atoms with Crippen LogP contribution in [0.25, 0.3) is 11.0 Å². The first-order valence-corrected chi connectivity index (χ1v) is 12.0. The highest BCUT2D eigenvalue weighted by Crippen LogP contribution is 2.19. The van der Waals surface area contributed by atoms with Crippen molar-refractivity contribution in [3.8, 4) is 0 Å². The van der Waals surface area contributed by atoms with Crippen molar-refractivity contribution in [3.63, 3.8) is 0 Å². The Labute approximate surface area is 208 Å². The third-order valence-electron chi connectivity index (χ3n) is 6.85. The number of aryl methyl sites for hydroxylation is 3. The van der Waals surface area contributed by atoms with Crippen LogP contribution in [0.1, 0.15) is 43.3 Å². The number of carbonyl (C=O) groups is 2. The summed E-state index contributed by atoms with van der Waals surface area (Å²) in [5.74, 6) is 0.0861. The minimum atomic E-state index is -0.157. The normalized spacial score (nSPS) is 13.9. The number of hydrogen-bond donors (Lipinski definition) is 0. The van der Waals surface area contributed by atoms with Gasteiger partial charge in [0.2, 0.25) is 0 Å². The lowest BCUT2D eigenvalue weighted by molar-refractivity contribution is 0.0518. The van der Waals surface area contributed by atoms with E-state index in [0.717, 1.165) is 27.7 Å². The van der Waals surface area contributed by atoms with Crippen LogP contribution >= 0.6 is 0 Å². The molecule has 2 aromatic carbocycles. The van der Waals surface area contributed by atoms with E-state index < -0.39 is 0 Å². The topological polar surface area (TPSA) is 88.7 Å². The number of hydrogen-bond acceptors (Lipinski definition) is 5. The number of nitrogens with zero attached hydrogens (tertiary/aromatic N) is 4. The Balaban J connectivity index is 1.29. The van der Waals surface area contributed by atoms with Gasteiger partial charge >= 0.3 is 0 Å². The van der Waals surface area contributed by atoms with Gasteiger partial charge < -0.3 is 18.8 Å². The maximum atomic E-state index is 13.1. The van der Waals surface area contributed by atoms with Gasteiger partial charge in [-0.3, -0.25) is 14.4 Å². The summed E-state index contributed by atoms with van der Waals surface area (Å²) in [6, 6.07) is 14.7. The molecule has 0 N–H and O–H groups in total. The molecule has 1 saturated heterocycles. The highest BCUT2D eigenvalue weighted by atomic mass is 16.3. The standard InChI is InChI=1S/C28H28N4O4/c1-18-15-23-24(16-19(18)2)32(26(33)20(3)29-23)17-21-6-8-22(9-7-21)27(34)30-10-12-31(13-11-30)28(35)25-5-4-14-36-25/h4-9,14-16H,10-13,17H2,1-3H3. The number of amides is 2.